The maximum atomic E-state index is 11.8. The van der Waals surface area contributed by atoms with Gasteiger partial charge in [-0.3, -0.25) is 5.32 Å². The molecule has 0 saturated carbocycles. The minimum Gasteiger partial charge on any atom is -0.445 e. The lowest BCUT2D eigenvalue weighted by Gasteiger charge is -2.41. The Bertz CT molecular complexity index is 1150. The predicted octanol–water partition coefficient (Wildman–Crippen LogP) is 5.23. The SMILES string of the molecule is C=CCOC(=O)Nc1ccc([C@H]2O[C@@H](CSc3nccn3C)[C@@H](C)[C@@H](c3ccc(CO)cc3)O2)cc1. The Kier molecular flexibility index (Phi) is 8.82. The minimum absolute atomic E-state index is 0.00244. The molecule has 1 saturated heterocycles. The van der Waals surface area contributed by atoms with Crippen LogP contribution in [0.1, 0.15) is 36.0 Å². The van der Waals surface area contributed by atoms with Crippen LogP contribution >= 0.6 is 11.8 Å². The van der Waals surface area contributed by atoms with Gasteiger partial charge in [-0.1, -0.05) is 67.7 Å². The second-order valence-corrected chi connectivity index (χ2v) is 9.57. The molecule has 4 rings (SSSR count). The first-order chi connectivity index (χ1) is 17.5. The summed E-state index contributed by atoms with van der Waals surface area (Å²) in [5.74, 6) is 0.792. The van der Waals surface area contributed by atoms with Gasteiger partial charge in [0.1, 0.15) is 6.61 Å². The largest absolute Gasteiger partial charge is 0.445 e. The van der Waals surface area contributed by atoms with E-state index in [0.717, 1.165) is 21.8 Å². The Morgan fingerprint density at radius 1 is 1.19 bits per heavy atom. The van der Waals surface area contributed by atoms with Crippen molar-refractivity contribution in [1.82, 2.24) is 9.55 Å². The van der Waals surface area contributed by atoms with Crippen molar-refractivity contribution < 1.29 is 24.1 Å². The second-order valence-electron chi connectivity index (χ2n) is 8.59. The Morgan fingerprint density at radius 2 is 1.92 bits per heavy atom. The number of thioether (sulfide) groups is 1. The molecule has 3 aromatic rings. The van der Waals surface area contributed by atoms with Gasteiger partial charge < -0.3 is 23.9 Å². The Hall–Kier alpha value is -3.11. The van der Waals surface area contributed by atoms with Gasteiger partial charge in [-0.25, -0.2) is 9.78 Å². The average Bonchev–Trinajstić information content (AvgIpc) is 3.32. The lowest BCUT2D eigenvalue weighted by atomic mass is 9.91. The molecule has 2 heterocycles. The number of anilines is 1. The molecule has 190 valence electrons. The lowest BCUT2D eigenvalue weighted by molar-refractivity contribution is -0.268. The van der Waals surface area contributed by atoms with E-state index in [0.29, 0.717) is 11.4 Å². The summed E-state index contributed by atoms with van der Waals surface area (Å²) in [5, 5.41) is 13.0. The standard InChI is InChI=1S/C27H31N3O5S/c1-4-15-33-27(32)29-22-11-9-21(10-12-22)25-34-23(17-36-26-28-13-14-30(26)3)18(2)24(35-25)20-7-5-19(16-31)6-8-20/h4-14,18,23-25,31H,1,15-17H2,2-3H3,(H,29,32)/t18-,23+,24+,25+/m1/s1. The summed E-state index contributed by atoms with van der Waals surface area (Å²) in [4.78, 5) is 16.2. The monoisotopic (exact) mass is 509 g/mol. The van der Waals surface area contributed by atoms with Crippen LogP contribution in [0.4, 0.5) is 10.5 Å². The maximum Gasteiger partial charge on any atom is 0.411 e. The molecule has 1 amide bonds. The number of nitrogens with one attached hydrogen (secondary N) is 1. The van der Waals surface area contributed by atoms with Gasteiger partial charge in [0.25, 0.3) is 0 Å². The van der Waals surface area contributed by atoms with Crippen molar-refractivity contribution in [2.45, 2.75) is 37.2 Å². The van der Waals surface area contributed by atoms with Crippen molar-refractivity contribution in [3.05, 3.63) is 90.3 Å². The maximum absolute atomic E-state index is 11.8. The summed E-state index contributed by atoms with van der Waals surface area (Å²) < 4.78 is 19.9. The highest BCUT2D eigenvalue weighted by atomic mass is 32.2. The number of nitrogens with zero attached hydrogens (tertiary/aromatic N) is 2. The van der Waals surface area contributed by atoms with Gasteiger partial charge >= 0.3 is 6.09 Å². The van der Waals surface area contributed by atoms with Crippen molar-refractivity contribution in [2.75, 3.05) is 17.7 Å². The predicted molar refractivity (Wildman–Crippen MR) is 139 cm³/mol. The zero-order valence-electron chi connectivity index (χ0n) is 20.4. The molecule has 36 heavy (non-hydrogen) atoms. The van der Waals surface area contributed by atoms with E-state index in [4.69, 9.17) is 14.2 Å². The Morgan fingerprint density at radius 3 is 2.56 bits per heavy atom. The van der Waals surface area contributed by atoms with E-state index in [9.17, 15) is 9.90 Å². The van der Waals surface area contributed by atoms with E-state index >= 15 is 0 Å². The molecular weight excluding hydrogens is 478 g/mol. The fourth-order valence-corrected chi connectivity index (χ4v) is 5.07. The molecule has 0 radical (unpaired) electrons. The topological polar surface area (TPSA) is 94.8 Å². The summed E-state index contributed by atoms with van der Waals surface area (Å²) in [6, 6.07) is 15.2. The third-order valence-electron chi connectivity index (χ3n) is 6.04. The first kappa shape index (κ1) is 26.0. The highest BCUT2D eigenvalue weighted by Gasteiger charge is 2.38. The average molecular weight is 510 g/mol. The van der Waals surface area contributed by atoms with E-state index in [2.05, 4.69) is 23.8 Å². The molecule has 0 unspecified atom stereocenters. The number of ether oxygens (including phenoxy) is 3. The minimum atomic E-state index is -0.586. The quantitative estimate of drug-likeness (QED) is 0.301. The van der Waals surface area contributed by atoms with Gasteiger partial charge in [-0.2, -0.15) is 0 Å². The van der Waals surface area contributed by atoms with Crippen molar-refractivity contribution in [3.63, 3.8) is 0 Å². The van der Waals surface area contributed by atoms with Crippen LogP contribution < -0.4 is 5.32 Å². The fourth-order valence-electron chi connectivity index (χ4n) is 3.97. The summed E-state index contributed by atoms with van der Waals surface area (Å²) in [7, 11) is 1.97. The molecule has 0 bridgehead atoms. The third kappa shape index (κ3) is 6.36. The van der Waals surface area contributed by atoms with Crippen LogP contribution in [0.25, 0.3) is 0 Å². The van der Waals surface area contributed by atoms with Crippen LogP contribution in [0.15, 0.2) is 78.7 Å². The van der Waals surface area contributed by atoms with Crippen LogP contribution in [0.2, 0.25) is 0 Å². The number of imidazole rings is 1. The van der Waals surface area contributed by atoms with Crippen LogP contribution in [0.3, 0.4) is 0 Å². The van der Waals surface area contributed by atoms with Gasteiger partial charge in [-0.15, -0.1) is 0 Å². The van der Waals surface area contributed by atoms with Crippen molar-refractivity contribution in [3.8, 4) is 0 Å². The number of aliphatic hydroxyl groups is 1. The van der Waals surface area contributed by atoms with E-state index in [-0.39, 0.29) is 31.3 Å². The van der Waals surface area contributed by atoms with E-state index in [1.165, 1.54) is 6.08 Å². The number of aromatic nitrogens is 2. The number of benzene rings is 2. The lowest BCUT2D eigenvalue weighted by Crippen LogP contribution is -2.38. The van der Waals surface area contributed by atoms with E-state index in [1.807, 2.05) is 54.2 Å². The summed E-state index contributed by atoms with van der Waals surface area (Å²) in [6.45, 7) is 5.80. The van der Waals surface area contributed by atoms with Crippen LogP contribution in [-0.2, 0) is 27.9 Å². The number of hydrogen-bond donors (Lipinski definition) is 2. The van der Waals surface area contributed by atoms with Gasteiger partial charge in [-0.05, 0) is 23.3 Å². The first-order valence-corrected chi connectivity index (χ1v) is 12.7. The number of amides is 1. The molecule has 0 aliphatic carbocycles. The Labute approximate surface area is 215 Å². The molecule has 9 heteroatoms. The number of carbonyl (C=O) groups excluding carboxylic acids is 1. The molecule has 8 nitrogen and oxygen atoms in total. The summed E-state index contributed by atoms with van der Waals surface area (Å²) in [6.07, 6.45) is 3.80. The fraction of sp³-hybridized carbons (Fsp3) is 0.333. The molecule has 1 fully saturated rings. The molecular formula is C27H31N3O5S. The molecule has 2 aromatic carbocycles. The van der Waals surface area contributed by atoms with Crippen LogP contribution in [-0.4, -0.2) is 39.2 Å². The van der Waals surface area contributed by atoms with Gasteiger partial charge in [0.05, 0.1) is 18.8 Å². The zero-order valence-corrected chi connectivity index (χ0v) is 21.2. The molecule has 0 spiro atoms. The van der Waals surface area contributed by atoms with Crippen molar-refractivity contribution in [2.24, 2.45) is 13.0 Å². The number of aliphatic hydroxyl groups excluding tert-OH is 1. The highest BCUT2D eigenvalue weighted by molar-refractivity contribution is 7.99. The van der Waals surface area contributed by atoms with Gasteiger partial charge in [0, 0.05) is 42.4 Å². The van der Waals surface area contributed by atoms with E-state index in [1.54, 1.807) is 30.1 Å². The number of carbonyl (C=O) groups is 1. The summed E-state index contributed by atoms with van der Waals surface area (Å²) in [5.41, 5.74) is 3.33. The molecule has 1 aromatic heterocycles. The zero-order chi connectivity index (χ0) is 25.5. The van der Waals surface area contributed by atoms with Crippen LogP contribution in [0, 0.1) is 5.92 Å². The summed E-state index contributed by atoms with van der Waals surface area (Å²) >= 11 is 1.65. The Balaban J connectivity index is 1.52. The molecule has 1 aliphatic heterocycles. The molecule has 2 N–H and O–H groups in total. The van der Waals surface area contributed by atoms with Crippen molar-refractivity contribution >= 4 is 23.5 Å². The smallest absolute Gasteiger partial charge is 0.411 e. The van der Waals surface area contributed by atoms with Crippen molar-refractivity contribution in [1.29, 1.82) is 0 Å². The normalized spacial score (nSPS) is 21.6. The highest BCUT2D eigenvalue weighted by Crippen LogP contribution is 2.43. The van der Waals surface area contributed by atoms with Crippen LogP contribution in [0.5, 0.6) is 0 Å². The molecule has 4 atom stereocenters. The van der Waals surface area contributed by atoms with Gasteiger partial charge in [0.2, 0.25) is 0 Å². The van der Waals surface area contributed by atoms with E-state index < -0.39 is 12.4 Å². The molecule has 1 aliphatic rings. The number of hydrogen-bond acceptors (Lipinski definition) is 7. The third-order valence-corrected chi connectivity index (χ3v) is 7.19. The number of rotatable bonds is 9. The second kappa shape index (κ2) is 12.2. The van der Waals surface area contributed by atoms with Gasteiger partial charge in [0.15, 0.2) is 11.4 Å². The first-order valence-electron chi connectivity index (χ1n) is 11.7. The number of aryl methyl sites for hydroxylation is 1.